The molecule has 0 amide bonds. The molecule has 6 heteroatoms. The molecule has 50 heavy (non-hydrogen) atoms. The van der Waals surface area contributed by atoms with Gasteiger partial charge in [-0.15, -0.1) is 11.4 Å². The second kappa shape index (κ2) is 23.8. The van der Waals surface area contributed by atoms with Crippen molar-refractivity contribution in [1.82, 2.24) is 0 Å². The fourth-order valence-electron chi connectivity index (χ4n) is 6.01. The molecular weight excluding hydrogens is 634 g/mol. The average molecular weight is 701 g/mol. The maximum absolute atomic E-state index is 5.38. The summed E-state index contributed by atoms with van der Waals surface area (Å²) >= 11 is 0. The van der Waals surface area contributed by atoms with Crippen molar-refractivity contribution >= 4 is 22.7 Å². The first kappa shape index (κ1) is 47.2. The molecule has 266 valence electrons. The van der Waals surface area contributed by atoms with Crippen molar-refractivity contribution in [2.75, 3.05) is 26.4 Å². The van der Waals surface area contributed by atoms with E-state index < -0.39 is 0 Å². The summed E-state index contributed by atoms with van der Waals surface area (Å²) in [5.74, 6) is 2.52. The van der Waals surface area contributed by atoms with Gasteiger partial charge in [0.15, 0.2) is 0 Å². The molecule has 2 saturated heterocycles. The second-order valence-corrected chi connectivity index (χ2v) is 15.4. The normalized spacial score (nSPS) is 14.0. The van der Waals surface area contributed by atoms with Crippen LogP contribution in [0.1, 0.15) is 178 Å². The molecular formula is C44H66N2Na2O2. The van der Waals surface area contributed by atoms with Crippen molar-refractivity contribution in [3.8, 4) is 0 Å². The Bertz CT molecular complexity index is 1230. The molecule has 2 aliphatic heterocycles. The Morgan fingerprint density at radius 3 is 0.860 bits per heavy atom. The molecule has 0 N–H and O–H groups in total. The minimum absolute atomic E-state index is 0. The molecule has 5 rings (SSSR count). The fraction of sp³-hybridized carbons (Fsp3) is 0.591. The van der Waals surface area contributed by atoms with Crippen molar-refractivity contribution in [3.05, 3.63) is 92.5 Å². The summed E-state index contributed by atoms with van der Waals surface area (Å²) in [4.78, 5) is 0. The predicted octanol–water partition coefficient (Wildman–Crippen LogP) is 8.70. The van der Waals surface area contributed by atoms with Crippen LogP contribution in [-0.2, 0) is 9.47 Å². The van der Waals surface area contributed by atoms with E-state index in [1.54, 1.807) is 0 Å². The number of hydrogen-bond donors (Lipinski definition) is 0. The molecule has 0 bridgehead atoms. The Morgan fingerprint density at radius 1 is 0.420 bits per heavy atom. The van der Waals surface area contributed by atoms with E-state index in [1.807, 2.05) is 0 Å². The molecule has 2 heterocycles. The minimum Gasteiger partial charge on any atom is -0.658 e. The first-order valence-corrected chi connectivity index (χ1v) is 18.8. The van der Waals surface area contributed by atoms with Gasteiger partial charge in [0.25, 0.3) is 0 Å². The van der Waals surface area contributed by atoms with Gasteiger partial charge in [-0.05, 0) is 72.3 Å². The Kier molecular flexibility index (Phi) is 22.4. The van der Waals surface area contributed by atoms with Gasteiger partial charge in [-0.1, -0.05) is 154 Å². The standard InChI is InChI=1S/C36H50N2.2C4H8O.2Na/c1-21(2)27-17-29(23(5)6)35(30(18-27)24(7)8)37-33-15-13-14-16-34(33)38-36-31(25(9)10)19-28(22(3)4)20-32(36)26(11)12;2*1-2-4-5-3-1;;/h13-26H,1-12H3;2*1-4H2;;/q-2;;;2*+1. The first-order chi connectivity index (χ1) is 22.8. The molecule has 2 fully saturated rings. The predicted molar refractivity (Wildman–Crippen MR) is 209 cm³/mol. The van der Waals surface area contributed by atoms with Gasteiger partial charge in [-0.2, -0.15) is 11.4 Å². The fourth-order valence-corrected chi connectivity index (χ4v) is 6.01. The monoisotopic (exact) mass is 700 g/mol. The third-order valence-corrected chi connectivity index (χ3v) is 9.20. The molecule has 0 aromatic heterocycles. The summed E-state index contributed by atoms with van der Waals surface area (Å²) in [6.45, 7) is 31.3. The molecule has 2 aliphatic rings. The van der Waals surface area contributed by atoms with Crippen LogP contribution < -0.4 is 59.1 Å². The molecule has 0 radical (unpaired) electrons. The van der Waals surface area contributed by atoms with Gasteiger partial charge in [0.05, 0.1) is 0 Å². The number of ether oxygens (including phenoxy) is 2. The Labute approximate surface area is 351 Å². The zero-order valence-corrected chi connectivity index (χ0v) is 38.5. The molecule has 0 saturated carbocycles. The Morgan fingerprint density at radius 2 is 0.680 bits per heavy atom. The topological polar surface area (TPSA) is 46.7 Å². The maximum Gasteiger partial charge on any atom is 1.00 e. The summed E-state index contributed by atoms with van der Waals surface area (Å²) in [6, 6.07) is 17.9. The maximum atomic E-state index is 5.38. The SMILES string of the molecule is C1CCOC1.C1CCOC1.CC(C)c1cc(C(C)C)c([N-]c2ccccc2[N-]c2c(C(C)C)cc(C(C)C)cc2C(C)C)c(C(C)C)c1.[Na+].[Na+]. The van der Waals surface area contributed by atoms with Crippen molar-refractivity contribution < 1.29 is 68.6 Å². The number of benzene rings is 3. The third-order valence-electron chi connectivity index (χ3n) is 9.20. The third kappa shape index (κ3) is 14.2. The van der Waals surface area contributed by atoms with Gasteiger partial charge in [0, 0.05) is 26.4 Å². The van der Waals surface area contributed by atoms with Crippen LogP contribution in [0.15, 0.2) is 48.5 Å². The van der Waals surface area contributed by atoms with Crippen LogP contribution in [0.3, 0.4) is 0 Å². The Hall–Kier alpha value is -0.820. The molecule has 0 unspecified atom stereocenters. The largest absolute Gasteiger partial charge is 1.00 e. The van der Waals surface area contributed by atoms with Crippen LogP contribution in [0, 0.1) is 0 Å². The Balaban J connectivity index is 0.000000889. The van der Waals surface area contributed by atoms with Gasteiger partial charge in [0.2, 0.25) is 0 Å². The van der Waals surface area contributed by atoms with Crippen LogP contribution in [0.4, 0.5) is 22.7 Å². The number of nitrogens with zero attached hydrogens (tertiary/aromatic N) is 2. The van der Waals surface area contributed by atoms with E-state index in [2.05, 4.69) is 132 Å². The van der Waals surface area contributed by atoms with E-state index in [-0.39, 0.29) is 59.1 Å². The molecule has 0 atom stereocenters. The van der Waals surface area contributed by atoms with Gasteiger partial charge in [0.1, 0.15) is 0 Å². The quantitative estimate of drug-likeness (QED) is 0.199. The van der Waals surface area contributed by atoms with Crippen LogP contribution >= 0.6 is 0 Å². The van der Waals surface area contributed by atoms with Crippen LogP contribution in [0.5, 0.6) is 0 Å². The van der Waals surface area contributed by atoms with Gasteiger partial charge < -0.3 is 20.1 Å². The number of rotatable bonds is 10. The summed E-state index contributed by atoms with van der Waals surface area (Å²) < 4.78 is 9.89. The molecule has 4 nitrogen and oxygen atoms in total. The summed E-state index contributed by atoms with van der Waals surface area (Å²) in [5, 5.41) is 10.8. The second-order valence-electron chi connectivity index (χ2n) is 15.4. The first-order valence-electron chi connectivity index (χ1n) is 18.8. The van der Waals surface area contributed by atoms with Crippen molar-refractivity contribution in [2.24, 2.45) is 0 Å². The molecule has 0 aliphatic carbocycles. The summed E-state index contributed by atoms with van der Waals surface area (Å²) in [7, 11) is 0. The van der Waals surface area contributed by atoms with Gasteiger partial charge in [-0.25, -0.2) is 0 Å². The number of para-hydroxylation sites is 2. The van der Waals surface area contributed by atoms with E-state index >= 15 is 0 Å². The van der Waals surface area contributed by atoms with Gasteiger partial charge >= 0.3 is 59.1 Å². The van der Waals surface area contributed by atoms with E-state index in [1.165, 1.54) is 59.1 Å². The zero-order valence-electron chi connectivity index (χ0n) is 34.5. The minimum atomic E-state index is 0. The molecule has 0 spiro atoms. The smallest absolute Gasteiger partial charge is 0.658 e. The van der Waals surface area contributed by atoms with Crippen LogP contribution in [-0.4, -0.2) is 26.4 Å². The number of hydrogen-bond acceptors (Lipinski definition) is 2. The van der Waals surface area contributed by atoms with Crippen LogP contribution in [0.25, 0.3) is 10.6 Å². The van der Waals surface area contributed by atoms with Gasteiger partial charge in [-0.3, -0.25) is 0 Å². The van der Waals surface area contributed by atoms with E-state index in [9.17, 15) is 0 Å². The van der Waals surface area contributed by atoms with Crippen molar-refractivity contribution in [1.29, 1.82) is 0 Å². The average Bonchev–Trinajstić information content (AvgIpc) is 3.82. The van der Waals surface area contributed by atoms with E-state index in [0.717, 1.165) is 49.2 Å². The van der Waals surface area contributed by atoms with Crippen LogP contribution in [0.2, 0.25) is 0 Å². The molecule has 3 aromatic carbocycles. The zero-order chi connectivity index (χ0) is 35.4. The summed E-state index contributed by atoms with van der Waals surface area (Å²) in [5.41, 5.74) is 12.2. The van der Waals surface area contributed by atoms with Crippen molar-refractivity contribution in [3.63, 3.8) is 0 Å². The molecule has 3 aromatic rings. The van der Waals surface area contributed by atoms with E-state index in [4.69, 9.17) is 20.1 Å². The van der Waals surface area contributed by atoms with E-state index in [0.29, 0.717) is 35.5 Å². The summed E-state index contributed by atoms with van der Waals surface area (Å²) in [6.07, 6.45) is 5.11. The van der Waals surface area contributed by atoms with Crippen molar-refractivity contribution in [2.45, 2.75) is 144 Å².